The average molecular weight is 407 g/mol. The Morgan fingerprint density at radius 2 is 2.00 bits per heavy atom. The number of aliphatic hydroxyl groups excluding tert-OH is 1. The summed E-state index contributed by atoms with van der Waals surface area (Å²) >= 11 is 0. The molecule has 29 heavy (non-hydrogen) atoms. The molecule has 1 heterocycles. The largest absolute Gasteiger partial charge is 0.462 e. The second kappa shape index (κ2) is 9.63. The van der Waals surface area contributed by atoms with E-state index in [4.69, 9.17) is 9.47 Å². The molecule has 0 spiro atoms. The molecule has 1 N–H and O–H groups in total. The van der Waals surface area contributed by atoms with Gasteiger partial charge in [-0.1, -0.05) is 39.8 Å². The van der Waals surface area contributed by atoms with E-state index in [0.717, 1.165) is 32.1 Å². The van der Waals surface area contributed by atoms with E-state index in [0.29, 0.717) is 36.0 Å². The minimum Gasteiger partial charge on any atom is -0.462 e. The highest BCUT2D eigenvalue weighted by atomic mass is 16.5. The van der Waals surface area contributed by atoms with Gasteiger partial charge in [-0.25, -0.2) is 0 Å². The van der Waals surface area contributed by atoms with Gasteiger partial charge in [0.1, 0.15) is 12.2 Å². The monoisotopic (exact) mass is 406 g/mol. The standard InChI is InChI=1S/C24H38O5/c1-5-15(3)24(27)29-21-11-14(2)10-17-7-6-16(4)20(23(17)21)9-8-19-12-18(25)13-22(26)28-19/h6-7,14-21,23,25H,5,8-13H2,1-4H3/t14-,15-,16-,17-,18+,19+,20-,21-,23?/m0/s1. The Hall–Kier alpha value is -1.36. The van der Waals surface area contributed by atoms with Crippen molar-refractivity contribution in [3.8, 4) is 0 Å². The summed E-state index contributed by atoms with van der Waals surface area (Å²) in [7, 11) is 0. The minimum absolute atomic E-state index is 0.0397. The van der Waals surface area contributed by atoms with Gasteiger partial charge in [-0.2, -0.15) is 0 Å². The van der Waals surface area contributed by atoms with Crippen molar-refractivity contribution < 1.29 is 24.2 Å². The normalized spacial score (nSPS) is 40.7. The summed E-state index contributed by atoms with van der Waals surface area (Å²) < 4.78 is 11.6. The molecular formula is C24H38O5. The number of hydrogen-bond donors (Lipinski definition) is 1. The Labute approximate surface area is 175 Å². The fourth-order valence-corrected chi connectivity index (χ4v) is 5.59. The van der Waals surface area contributed by atoms with Gasteiger partial charge in [0.25, 0.3) is 0 Å². The van der Waals surface area contributed by atoms with Crippen molar-refractivity contribution in [3.63, 3.8) is 0 Å². The summed E-state index contributed by atoms with van der Waals surface area (Å²) in [5.74, 6) is 1.66. The lowest BCUT2D eigenvalue weighted by molar-refractivity contribution is -0.166. The van der Waals surface area contributed by atoms with Crippen LogP contribution in [-0.4, -0.2) is 35.4 Å². The van der Waals surface area contributed by atoms with E-state index in [1.54, 1.807) is 0 Å². The molecule has 3 rings (SSSR count). The van der Waals surface area contributed by atoms with Crippen LogP contribution >= 0.6 is 0 Å². The molecule has 5 heteroatoms. The van der Waals surface area contributed by atoms with Crippen molar-refractivity contribution in [2.24, 2.45) is 35.5 Å². The second-order valence-electron chi connectivity index (χ2n) is 9.79. The first kappa shape index (κ1) is 22.3. The highest BCUT2D eigenvalue weighted by Gasteiger charge is 2.45. The Morgan fingerprint density at radius 3 is 2.69 bits per heavy atom. The summed E-state index contributed by atoms with van der Waals surface area (Å²) in [5.41, 5.74) is 0. The number of esters is 2. The summed E-state index contributed by atoms with van der Waals surface area (Å²) in [5, 5.41) is 9.90. The first-order chi connectivity index (χ1) is 13.8. The molecule has 0 radical (unpaired) electrons. The summed E-state index contributed by atoms with van der Waals surface area (Å²) in [6.45, 7) is 8.46. The number of allylic oxidation sites excluding steroid dienone is 2. The Morgan fingerprint density at radius 1 is 1.24 bits per heavy atom. The lowest BCUT2D eigenvalue weighted by atomic mass is 9.60. The molecule has 0 aromatic heterocycles. The van der Waals surface area contributed by atoms with Crippen molar-refractivity contribution >= 4 is 11.9 Å². The van der Waals surface area contributed by atoms with Crippen molar-refractivity contribution in [2.45, 2.75) is 91.0 Å². The fourth-order valence-electron chi connectivity index (χ4n) is 5.59. The van der Waals surface area contributed by atoms with Crippen molar-refractivity contribution in [1.29, 1.82) is 0 Å². The minimum atomic E-state index is -0.586. The molecule has 2 aliphatic carbocycles. The van der Waals surface area contributed by atoms with E-state index >= 15 is 0 Å². The van der Waals surface area contributed by atoms with E-state index < -0.39 is 6.10 Å². The van der Waals surface area contributed by atoms with Crippen molar-refractivity contribution in [1.82, 2.24) is 0 Å². The van der Waals surface area contributed by atoms with Gasteiger partial charge in [0.05, 0.1) is 18.4 Å². The topological polar surface area (TPSA) is 72.8 Å². The van der Waals surface area contributed by atoms with Gasteiger partial charge in [-0.3, -0.25) is 9.59 Å². The van der Waals surface area contributed by atoms with Crippen LogP contribution in [0.1, 0.15) is 72.6 Å². The summed E-state index contributed by atoms with van der Waals surface area (Å²) in [4.78, 5) is 24.2. The molecule has 1 aliphatic heterocycles. The van der Waals surface area contributed by atoms with Gasteiger partial charge in [0.15, 0.2) is 0 Å². The number of fused-ring (bicyclic) bond motifs is 1. The highest BCUT2D eigenvalue weighted by molar-refractivity contribution is 5.72. The molecule has 0 bridgehead atoms. The molecule has 3 aliphatic rings. The molecule has 2 fully saturated rings. The van der Waals surface area contributed by atoms with Gasteiger partial charge in [-0.15, -0.1) is 0 Å². The molecule has 1 saturated carbocycles. The van der Waals surface area contributed by atoms with Crippen LogP contribution in [0.15, 0.2) is 12.2 Å². The van der Waals surface area contributed by atoms with Crippen LogP contribution in [0.4, 0.5) is 0 Å². The number of ether oxygens (including phenoxy) is 2. The molecular weight excluding hydrogens is 368 g/mol. The zero-order valence-electron chi connectivity index (χ0n) is 18.4. The molecule has 1 unspecified atom stereocenters. The average Bonchev–Trinajstić information content (AvgIpc) is 2.65. The number of rotatable bonds is 6. The van der Waals surface area contributed by atoms with Crippen molar-refractivity contribution in [2.75, 3.05) is 0 Å². The van der Waals surface area contributed by atoms with Gasteiger partial charge >= 0.3 is 11.9 Å². The predicted octanol–water partition coefficient (Wildman–Crippen LogP) is 4.28. The van der Waals surface area contributed by atoms with E-state index in [1.807, 2.05) is 13.8 Å². The van der Waals surface area contributed by atoms with Crippen LogP contribution in [0.3, 0.4) is 0 Å². The second-order valence-corrected chi connectivity index (χ2v) is 9.79. The number of cyclic esters (lactones) is 1. The van der Waals surface area contributed by atoms with Crippen LogP contribution < -0.4 is 0 Å². The zero-order chi connectivity index (χ0) is 21.1. The highest BCUT2D eigenvalue weighted by Crippen LogP contribution is 2.48. The maximum Gasteiger partial charge on any atom is 0.308 e. The molecule has 0 aromatic rings. The van der Waals surface area contributed by atoms with Crippen LogP contribution in [0, 0.1) is 35.5 Å². The molecule has 0 amide bonds. The van der Waals surface area contributed by atoms with E-state index in [-0.39, 0.29) is 36.5 Å². The third-order valence-electron chi connectivity index (χ3n) is 7.40. The van der Waals surface area contributed by atoms with Crippen LogP contribution in [-0.2, 0) is 19.1 Å². The van der Waals surface area contributed by atoms with Gasteiger partial charge < -0.3 is 14.6 Å². The molecule has 5 nitrogen and oxygen atoms in total. The number of carbonyl (C=O) groups excluding carboxylic acids is 2. The lowest BCUT2D eigenvalue weighted by Crippen LogP contribution is -2.46. The first-order valence-electron chi connectivity index (χ1n) is 11.5. The Balaban J connectivity index is 1.71. The number of aliphatic hydroxyl groups is 1. The number of carbonyl (C=O) groups is 2. The third kappa shape index (κ3) is 5.42. The van der Waals surface area contributed by atoms with E-state index in [2.05, 4.69) is 26.0 Å². The van der Waals surface area contributed by atoms with Gasteiger partial charge in [0.2, 0.25) is 0 Å². The van der Waals surface area contributed by atoms with Crippen molar-refractivity contribution in [3.05, 3.63) is 12.2 Å². The maximum absolute atomic E-state index is 12.6. The molecule has 164 valence electrons. The SMILES string of the molecule is CC[C@H](C)C(=O)O[C@H]1C[C@@H](C)C[C@@H]2C=C[C@H](C)[C@H](CC[C@@H]3C[C@@H](O)CC(=O)O3)C12. The maximum atomic E-state index is 12.6. The smallest absolute Gasteiger partial charge is 0.308 e. The van der Waals surface area contributed by atoms with E-state index in [9.17, 15) is 14.7 Å². The Bertz CT molecular complexity index is 614. The van der Waals surface area contributed by atoms with Crippen LogP contribution in [0.2, 0.25) is 0 Å². The third-order valence-corrected chi connectivity index (χ3v) is 7.40. The number of hydrogen-bond acceptors (Lipinski definition) is 5. The van der Waals surface area contributed by atoms with Gasteiger partial charge in [0, 0.05) is 12.3 Å². The van der Waals surface area contributed by atoms with Crippen LogP contribution in [0.5, 0.6) is 0 Å². The zero-order valence-corrected chi connectivity index (χ0v) is 18.4. The molecule has 9 atom stereocenters. The van der Waals surface area contributed by atoms with E-state index in [1.165, 1.54) is 0 Å². The summed E-state index contributed by atoms with van der Waals surface area (Å²) in [6.07, 6.45) is 9.01. The first-order valence-corrected chi connectivity index (χ1v) is 11.5. The van der Waals surface area contributed by atoms with Crippen LogP contribution in [0.25, 0.3) is 0 Å². The lowest BCUT2D eigenvalue weighted by Gasteiger charge is -2.47. The summed E-state index contributed by atoms with van der Waals surface area (Å²) in [6, 6.07) is 0. The quantitative estimate of drug-likeness (QED) is 0.527. The predicted molar refractivity (Wildman–Crippen MR) is 111 cm³/mol. The molecule has 0 aromatic carbocycles. The Kier molecular flexibility index (Phi) is 7.42. The fraction of sp³-hybridized carbons (Fsp3) is 0.833. The molecule has 1 saturated heterocycles. The van der Waals surface area contributed by atoms with Gasteiger partial charge in [-0.05, 0) is 55.8 Å².